The molecule has 0 unspecified atom stereocenters. The number of alkyl halides is 3. The Hall–Kier alpha value is -0.670. The first-order valence-electron chi connectivity index (χ1n) is 3.74. The van der Waals surface area contributed by atoms with Crippen molar-refractivity contribution in [3.8, 4) is 0 Å². The summed E-state index contributed by atoms with van der Waals surface area (Å²) in [6, 6.07) is 6.05. The largest absolute Gasteiger partial charge is 0.380 e. The lowest BCUT2D eigenvalue weighted by atomic mass is 10.1. The Balaban J connectivity index is 2.71. The van der Waals surface area contributed by atoms with E-state index in [1.54, 1.807) is 0 Å². The van der Waals surface area contributed by atoms with Crippen LogP contribution in [0.1, 0.15) is 5.56 Å². The van der Waals surface area contributed by atoms with Gasteiger partial charge in [-0.2, -0.15) is 8.78 Å². The van der Waals surface area contributed by atoms with Crippen molar-refractivity contribution in [2.75, 3.05) is 0 Å². The first-order valence-corrected chi connectivity index (χ1v) is 4.49. The molecule has 5 heteroatoms. The fourth-order valence-corrected chi connectivity index (χ4v) is 1.08. The van der Waals surface area contributed by atoms with Gasteiger partial charge < -0.3 is 0 Å². The molecule has 0 bridgehead atoms. The molecule has 0 aromatic heterocycles. The van der Waals surface area contributed by atoms with Crippen LogP contribution in [0.25, 0.3) is 0 Å². The van der Waals surface area contributed by atoms with E-state index in [1.807, 2.05) is 0 Å². The third-order valence-electron chi connectivity index (χ3n) is 1.59. The van der Waals surface area contributed by atoms with Crippen molar-refractivity contribution in [3.63, 3.8) is 0 Å². The lowest BCUT2D eigenvalue weighted by molar-refractivity contribution is -0.132. The summed E-state index contributed by atoms with van der Waals surface area (Å²) >= 11 is 10.1. The Morgan fingerprint density at radius 1 is 1.29 bits per heavy atom. The van der Waals surface area contributed by atoms with Gasteiger partial charge in [-0.25, -0.2) is 0 Å². The highest BCUT2D eigenvalue weighted by Gasteiger charge is 2.34. The molecular weight excluding hydrogens is 233 g/mol. The van der Waals surface area contributed by atoms with Crippen molar-refractivity contribution in [1.82, 2.24) is 0 Å². The van der Waals surface area contributed by atoms with Crippen LogP contribution < -0.4 is 0 Å². The molecule has 0 aliphatic carbocycles. The third kappa shape index (κ3) is 3.24. The fourth-order valence-electron chi connectivity index (χ4n) is 0.888. The van der Waals surface area contributed by atoms with E-state index in [9.17, 15) is 13.6 Å². The topological polar surface area (TPSA) is 17.1 Å². The molecule has 0 saturated heterocycles. The summed E-state index contributed by atoms with van der Waals surface area (Å²) in [6.45, 7) is 0. The van der Waals surface area contributed by atoms with Gasteiger partial charge in [0.25, 0.3) is 0 Å². The molecule has 1 aromatic carbocycles. The van der Waals surface area contributed by atoms with Crippen LogP contribution in [0.4, 0.5) is 8.78 Å². The van der Waals surface area contributed by atoms with Gasteiger partial charge in [-0.1, -0.05) is 23.7 Å². The van der Waals surface area contributed by atoms with Gasteiger partial charge >= 0.3 is 5.38 Å². The predicted molar refractivity (Wildman–Crippen MR) is 51.0 cm³/mol. The minimum absolute atomic E-state index is 0.395. The van der Waals surface area contributed by atoms with E-state index in [0.29, 0.717) is 10.6 Å². The maximum atomic E-state index is 12.3. The van der Waals surface area contributed by atoms with E-state index in [-0.39, 0.29) is 0 Å². The highest BCUT2D eigenvalue weighted by atomic mass is 35.5. The van der Waals surface area contributed by atoms with E-state index in [1.165, 1.54) is 24.3 Å². The van der Waals surface area contributed by atoms with Crippen LogP contribution in [-0.2, 0) is 11.2 Å². The zero-order valence-electron chi connectivity index (χ0n) is 6.94. The van der Waals surface area contributed by atoms with Gasteiger partial charge in [-0.05, 0) is 29.3 Å². The highest BCUT2D eigenvalue weighted by Crippen LogP contribution is 2.22. The number of carbonyl (C=O) groups excluding carboxylic acids is 1. The highest BCUT2D eigenvalue weighted by molar-refractivity contribution is 6.32. The molecular formula is C9H6Cl2F2O. The fraction of sp³-hybridized carbons (Fsp3) is 0.222. The van der Waals surface area contributed by atoms with Gasteiger partial charge in [-0.3, -0.25) is 4.79 Å². The lowest BCUT2D eigenvalue weighted by Crippen LogP contribution is -2.23. The molecule has 0 N–H and O–H groups in total. The Bertz CT molecular complexity index is 330. The van der Waals surface area contributed by atoms with Crippen LogP contribution in [0.3, 0.4) is 0 Å². The van der Waals surface area contributed by atoms with E-state index < -0.39 is 17.6 Å². The van der Waals surface area contributed by atoms with Gasteiger partial charge in [-0.15, -0.1) is 0 Å². The maximum Gasteiger partial charge on any atom is 0.380 e. The lowest BCUT2D eigenvalue weighted by Gasteiger charge is -2.05. The van der Waals surface area contributed by atoms with Gasteiger partial charge in [0.1, 0.15) is 0 Å². The molecule has 1 rings (SSSR count). The molecule has 1 aromatic rings. The number of halogens is 4. The normalized spacial score (nSPS) is 11.4. The quantitative estimate of drug-likeness (QED) is 0.739. The van der Waals surface area contributed by atoms with E-state index >= 15 is 0 Å². The van der Waals surface area contributed by atoms with Crippen LogP contribution >= 0.6 is 23.2 Å². The second-order valence-corrected chi connectivity index (χ2v) is 3.64. The minimum atomic E-state index is -3.79. The zero-order chi connectivity index (χ0) is 10.8. The summed E-state index contributed by atoms with van der Waals surface area (Å²) in [5.74, 6) is -1.32. The molecule has 14 heavy (non-hydrogen) atoms. The smallest absolute Gasteiger partial charge is 0.291 e. The third-order valence-corrected chi connectivity index (χ3v) is 2.06. The number of ketones is 1. The molecule has 0 aliphatic heterocycles. The van der Waals surface area contributed by atoms with Gasteiger partial charge in [0, 0.05) is 11.4 Å². The van der Waals surface area contributed by atoms with Gasteiger partial charge in [0.2, 0.25) is 5.78 Å². The summed E-state index contributed by atoms with van der Waals surface area (Å²) in [4.78, 5) is 10.8. The van der Waals surface area contributed by atoms with Crippen LogP contribution in [0.5, 0.6) is 0 Å². The number of Topliss-reactive ketones (excluding diaryl/α,β-unsaturated/α-hetero) is 1. The Kier molecular flexibility index (Phi) is 3.45. The van der Waals surface area contributed by atoms with Crippen molar-refractivity contribution in [1.29, 1.82) is 0 Å². The van der Waals surface area contributed by atoms with Crippen molar-refractivity contribution in [2.24, 2.45) is 0 Å². The minimum Gasteiger partial charge on any atom is -0.291 e. The van der Waals surface area contributed by atoms with Crippen LogP contribution in [0, 0.1) is 0 Å². The first-order chi connectivity index (χ1) is 6.39. The van der Waals surface area contributed by atoms with Crippen molar-refractivity contribution >= 4 is 29.0 Å². The SMILES string of the molecule is O=C(Cc1ccc(Cl)cc1)C(F)(F)Cl. The van der Waals surface area contributed by atoms with Crippen LogP contribution in [0.2, 0.25) is 5.02 Å². The second kappa shape index (κ2) is 4.24. The molecule has 1 nitrogen and oxygen atoms in total. The molecule has 0 amide bonds. The van der Waals surface area contributed by atoms with E-state index in [0.717, 1.165) is 0 Å². The molecule has 0 radical (unpaired) electrons. The van der Waals surface area contributed by atoms with Crippen molar-refractivity contribution < 1.29 is 13.6 Å². The average Bonchev–Trinajstić information content (AvgIpc) is 2.07. The van der Waals surface area contributed by atoms with Gasteiger partial charge in [0.05, 0.1) is 0 Å². The number of carbonyl (C=O) groups is 1. The molecule has 0 saturated carbocycles. The Morgan fingerprint density at radius 2 is 1.79 bits per heavy atom. The molecule has 0 atom stereocenters. The summed E-state index contributed by atoms with van der Waals surface area (Å²) < 4.78 is 24.5. The second-order valence-electron chi connectivity index (χ2n) is 2.72. The Labute approximate surface area is 89.6 Å². The van der Waals surface area contributed by atoms with E-state index in [2.05, 4.69) is 11.6 Å². The summed E-state index contributed by atoms with van der Waals surface area (Å²) in [6.07, 6.45) is -0.395. The molecule has 0 aliphatic rings. The average molecular weight is 239 g/mol. The predicted octanol–water partition coefficient (Wildman–Crippen LogP) is 3.28. The van der Waals surface area contributed by atoms with E-state index in [4.69, 9.17) is 11.6 Å². The van der Waals surface area contributed by atoms with Crippen LogP contribution in [0.15, 0.2) is 24.3 Å². The Morgan fingerprint density at radius 3 is 2.21 bits per heavy atom. The number of rotatable bonds is 3. The first kappa shape index (κ1) is 11.4. The van der Waals surface area contributed by atoms with Gasteiger partial charge in [0.15, 0.2) is 0 Å². The summed E-state index contributed by atoms with van der Waals surface area (Å²) in [5, 5.41) is -3.31. The number of hydrogen-bond donors (Lipinski definition) is 0. The van der Waals surface area contributed by atoms with Crippen molar-refractivity contribution in [3.05, 3.63) is 34.9 Å². The molecule has 0 fully saturated rings. The molecule has 0 heterocycles. The zero-order valence-corrected chi connectivity index (χ0v) is 8.45. The monoisotopic (exact) mass is 238 g/mol. The number of benzene rings is 1. The maximum absolute atomic E-state index is 12.3. The molecule has 76 valence electrons. The number of hydrogen-bond acceptors (Lipinski definition) is 1. The summed E-state index contributed by atoms with van der Waals surface area (Å²) in [7, 11) is 0. The standard InChI is InChI=1S/C9H6Cl2F2O/c10-7-3-1-6(2-4-7)5-8(14)9(11,12)13/h1-4H,5H2. The van der Waals surface area contributed by atoms with Crippen molar-refractivity contribution in [2.45, 2.75) is 11.8 Å². The molecule has 0 spiro atoms. The van der Waals surface area contributed by atoms with Crippen LogP contribution in [-0.4, -0.2) is 11.2 Å². The summed E-state index contributed by atoms with van der Waals surface area (Å²) in [5.41, 5.74) is 0.458.